The van der Waals surface area contributed by atoms with Crippen LogP contribution in [0.5, 0.6) is 5.75 Å². The molecule has 1 unspecified atom stereocenters. The number of halogens is 1. The average Bonchev–Trinajstić information content (AvgIpc) is 2.26. The van der Waals surface area contributed by atoms with E-state index in [1.54, 1.807) is 32.4 Å². The molecule has 1 atom stereocenters. The maximum atomic E-state index is 11.8. The first-order chi connectivity index (χ1) is 7.10. The highest BCUT2D eigenvalue weighted by Crippen LogP contribution is 2.25. The molecule has 0 aliphatic carbocycles. The van der Waals surface area contributed by atoms with Gasteiger partial charge in [0.05, 0.1) is 17.6 Å². The Morgan fingerprint density at radius 3 is 2.67 bits per heavy atom. The molecule has 0 heterocycles. The third kappa shape index (κ3) is 2.79. The van der Waals surface area contributed by atoms with Gasteiger partial charge >= 0.3 is 0 Å². The summed E-state index contributed by atoms with van der Waals surface area (Å²) in [4.78, 5) is 11.8. The van der Waals surface area contributed by atoms with Crippen molar-refractivity contribution in [2.45, 2.75) is 13.0 Å². The highest BCUT2D eigenvalue weighted by molar-refractivity contribution is 9.10. The van der Waals surface area contributed by atoms with Gasteiger partial charge in [-0.05, 0) is 48.1 Å². The van der Waals surface area contributed by atoms with E-state index >= 15 is 0 Å². The minimum Gasteiger partial charge on any atom is -0.496 e. The van der Waals surface area contributed by atoms with Gasteiger partial charge in [0.25, 0.3) is 0 Å². The summed E-state index contributed by atoms with van der Waals surface area (Å²) < 4.78 is 5.88. The molecule has 0 aliphatic rings. The second-order valence-corrected chi connectivity index (χ2v) is 4.08. The summed E-state index contributed by atoms with van der Waals surface area (Å²) in [5.74, 6) is 0.796. The normalized spacial score (nSPS) is 12.3. The quantitative estimate of drug-likeness (QED) is 0.854. The highest BCUT2D eigenvalue weighted by Gasteiger charge is 2.14. The number of ketones is 1. The van der Waals surface area contributed by atoms with E-state index in [4.69, 9.17) is 4.74 Å². The van der Waals surface area contributed by atoms with E-state index in [0.29, 0.717) is 5.56 Å². The van der Waals surface area contributed by atoms with Crippen LogP contribution in [0.15, 0.2) is 22.7 Å². The minimum atomic E-state index is -0.176. The molecule has 0 bridgehead atoms. The molecule has 0 fully saturated rings. The topological polar surface area (TPSA) is 38.3 Å². The molecule has 15 heavy (non-hydrogen) atoms. The first kappa shape index (κ1) is 12.2. The number of carbonyl (C=O) groups excluding carboxylic acids is 1. The molecule has 0 spiro atoms. The molecule has 1 N–H and O–H groups in total. The fraction of sp³-hybridized carbons (Fsp3) is 0.364. The Hall–Kier alpha value is -0.870. The van der Waals surface area contributed by atoms with Gasteiger partial charge in [-0.25, -0.2) is 0 Å². The Kier molecular flexibility index (Phi) is 4.29. The maximum Gasteiger partial charge on any atom is 0.179 e. The molecule has 0 aromatic heterocycles. The zero-order chi connectivity index (χ0) is 11.4. The molecule has 0 saturated heterocycles. The lowest BCUT2D eigenvalue weighted by Gasteiger charge is -2.10. The van der Waals surface area contributed by atoms with Gasteiger partial charge in [-0.15, -0.1) is 0 Å². The number of benzene rings is 1. The predicted molar refractivity (Wildman–Crippen MR) is 63.5 cm³/mol. The lowest BCUT2D eigenvalue weighted by atomic mass is 10.1. The zero-order valence-electron chi connectivity index (χ0n) is 9.00. The smallest absolute Gasteiger partial charge is 0.179 e. The molecule has 0 amide bonds. The summed E-state index contributed by atoms with van der Waals surface area (Å²) in [6.45, 7) is 1.83. The van der Waals surface area contributed by atoms with E-state index in [9.17, 15) is 4.79 Å². The summed E-state index contributed by atoms with van der Waals surface area (Å²) in [6.07, 6.45) is 0. The van der Waals surface area contributed by atoms with E-state index < -0.39 is 0 Å². The van der Waals surface area contributed by atoms with Crippen molar-refractivity contribution in [3.63, 3.8) is 0 Å². The molecule has 4 heteroatoms. The van der Waals surface area contributed by atoms with Crippen molar-refractivity contribution < 1.29 is 9.53 Å². The molecule has 0 saturated carbocycles. The van der Waals surface area contributed by atoms with Crippen LogP contribution in [0, 0.1) is 0 Å². The number of carbonyl (C=O) groups is 1. The number of Topliss-reactive ketones (excluding diaryl/α,β-unsaturated/α-hetero) is 1. The number of hydrogen-bond donors (Lipinski definition) is 1. The number of rotatable bonds is 4. The molecule has 82 valence electrons. The molecule has 0 aliphatic heterocycles. The van der Waals surface area contributed by atoms with Crippen molar-refractivity contribution in [3.8, 4) is 5.75 Å². The second kappa shape index (κ2) is 5.28. The highest BCUT2D eigenvalue weighted by atomic mass is 79.9. The third-order valence-corrected chi connectivity index (χ3v) is 2.88. The minimum absolute atomic E-state index is 0.0702. The fourth-order valence-corrected chi connectivity index (χ4v) is 1.74. The first-order valence-corrected chi connectivity index (χ1v) is 5.44. The molecule has 1 rings (SSSR count). The van der Waals surface area contributed by atoms with Crippen molar-refractivity contribution in [2.24, 2.45) is 0 Å². The van der Waals surface area contributed by atoms with Gasteiger partial charge in [0, 0.05) is 5.56 Å². The van der Waals surface area contributed by atoms with E-state index in [0.717, 1.165) is 10.2 Å². The van der Waals surface area contributed by atoms with Crippen LogP contribution in [0.4, 0.5) is 0 Å². The molecular formula is C11H14BrNO2. The van der Waals surface area contributed by atoms with Gasteiger partial charge in [-0.2, -0.15) is 0 Å². The van der Waals surface area contributed by atoms with E-state index in [-0.39, 0.29) is 11.8 Å². The van der Waals surface area contributed by atoms with Crippen molar-refractivity contribution in [1.29, 1.82) is 0 Å². The fourth-order valence-electron chi connectivity index (χ4n) is 1.20. The van der Waals surface area contributed by atoms with Crippen LogP contribution in [-0.2, 0) is 0 Å². The van der Waals surface area contributed by atoms with Gasteiger partial charge < -0.3 is 10.1 Å². The van der Waals surface area contributed by atoms with Gasteiger partial charge in [0.15, 0.2) is 5.78 Å². The number of ether oxygens (including phenoxy) is 1. The lowest BCUT2D eigenvalue weighted by molar-refractivity contribution is 0.0955. The van der Waals surface area contributed by atoms with Crippen LogP contribution in [0.1, 0.15) is 17.3 Å². The summed E-state index contributed by atoms with van der Waals surface area (Å²) in [5.41, 5.74) is 0.671. The van der Waals surface area contributed by atoms with Gasteiger partial charge in [0.2, 0.25) is 0 Å². The van der Waals surface area contributed by atoms with Gasteiger partial charge in [-0.1, -0.05) is 0 Å². The van der Waals surface area contributed by atoms with E-state index in [1.807, 2.05) is 6.92 Å². The summed E-state index contributed by atoms with van der Waals surface area (Å²) in [6, 6.07) is 5.14. The number of nitrogens with one attached hydrogen (secondary N) is 1. The standard InChI is InChI=1S/C11H14BrNO2/c1-7(13-2)11(14)8-4-5-10(15-3)9(12)6-8/h4-7,13H,1-3H3. The Morgan fingerprint density at radius 1 is 1.53 bits per heavy atom. The maximum absolute atomic E-state index is 11.8. The third-order valence-electron chi connectivity index (χ3n) is 2.26. The number of hydrogen-bond acceptors (Lipinski definition) is 3. The van der Waals surface area contributed by atoms with Crippen molar-refractivity contribution in [1.82, 2.24) is 5.32 Å². The van der Waals surface area contributed by atoms with E-state index in [2.05, 4.69) is 21.2 Å². The van der Waals surface area contributed by atoms with Gasteiger partial charge in [0.1, 0.15) is 5.75 Å². The Bertz CT molecular complexity index is 366. The van der Waals surface area contributed by atoms with Crippen molar-refractivity contribution in [3.05, 3.63) is 28.2 Å². The van der Waals surface area contributed by atoms with Crippen LogP contribution in [0.2, 0.25) is 0 Å². The summed E-state index contributed by atoms with van der Waals surface area (Å²) >= 11 is 3.35. The van der Waals surface area contributed by atoms with Crippen molar-refractivity contribution >= 4 is 21.7 Å². The summed E-state index contributed by atoms with van der Waals surface area (Å²) in [7, 11) is 3.36. The van der Waals surface area contributed by atoms with Crippen LogP contribution in [0.25, 0.3) is 0 Å². The number of likely N-dealkylation sites (N-methyl/N-ethyl adjacent to an activating group) is 1. The van der Waals surface area contributed by atoms with E-state index in [1.165, 1.54) is 0 Å². The lowest BCUT2D eigenvalue weighted by Crippen LogP contribution is -2.30. The Morgan fingerprint density at radius 2 is 2.20 bits per heavy atom. The molecule has 0 radical (unpaired) electrons. The average molecular weight is 272 g/mol. The SMILES string of the molecule is CNC(C)C(=O)c1ccc(OC)c(Br)c1. The molecular weight excluding hydrogens is 258 g/mol. The van der Waals surface area contributed by atoms with Crippen LogP contribution >= 0.6 is 15.9 Å². The monoisotopic (exact) mass is 271 g/mol. The predicted octanol–water partition coefficient (Wildman–Crippen LogP) is 2.25. The largest absolute Gasteiger partial charge is 0.496 e. The molecule has 3 nitrogen and oxygen atoms in total. The Labute approximate surface area is 97.9 Å². The van der Waals surface area contributed by atoms with Crippen LogP contribution in [0.3, 0.4) is 0 Å². The van der Waals surface area contributed by atoms with Crippen LogP contribution in [-0.4, -0.2) is 26.0 Å². The summed E-state index contributed by atoms with van der Waals surface area (Å²) in [5, 5.41) is 2.92. The number of methoxy groups -OCH3 is 1. The van der Waals surface area contributed by atoms with Crippen LogP contribution < -0.4 is 10.1 Å². The Balaban J connectivity index is 2.97. The second-order valence-electron chi connectivity index (χ2n) is 3.22. The van der Waals surface area contributed by atoms with Crippen molar-refractivity contribution in [2.75, 3.05) is 14.2 Å². The molecule has 1 aromatic rings. The first-order valence-electron chi connectivity index (χ1n) is 4.65. The molecule has 1 aromatic carbocycles. The van der Waals surface area contributed by atoms with Gasteiger partial charge in [-0.3, -0.25) is 4.79 Å². The zero-order valence-corrected chi connectivity index (χ0v) is 10.6.